The maximum absolute atomic E-state index is 12.0. The molecule has 0 saturated heterocycles. The molecule has 0 spiro atoms. The normalized spacial score (nSPS) is 12.6. The summed E-state index contributed by atoms with van der Waals surface area (Å²) in [6, 6.07) is 7.55. The van der Waals surface area contributed by atoms with Gasteiger partial charge in [0, 0.05) is 18.5 Å². The highest BCUT2D eigenvalue weighted by molar-refractivity contribution is 5.96. The lowest BCUT2D eigenvalue weighted by Crippen LogP contribution is -2.35. The summed E-state index contributed by atoms with van der Waals surface area (Å²) in [5.74, 6) is 0.123. The van der Waals surface area contributed by atoms with Gasteiger partial charge < -0.3 is 14.5 Å². The fourth-order valence-electron chi connectivity index (χ4n) is 1.91. The van der Waals surface area contributed by atoms with E-state index in [0.29, 0.717) is 12.4 Å². The summed E-state index contributed by atoms with van der Waals surface area (Å²) >= 11 is 0. The molecule has 18 heavy (non-hydrogen) atoms. The predicted octanol–water partition coefficient (Wildman–Crippen LogP) is 2.51. The van der Waals surface area contributed by atoms with Crippen LogP contribution < -0.4 is 5.32 Å². The standard InChI is InChI=1S/C14H17NO3/c1-9-5-4-6-11-7-12(18-13(9)11)14(16)15-10(2)8-17-3/h4-7,10H,8H2,1-3H3,(H,15,16)/t10-/m0/s1. The fourth-order valence-corrected chi connectivity index (χ4v) is 1.91. The molecule has 0 aliphatic heterocycles. The van der Waals surface area contributed by atoms with Gasteiger partial charge in [0.25, 0.3) is 5.91 Å². The van der Waals surface area contributed by atoms with E-state index in [1.165, 1.54) is 0 Å². The zero-order chi connectivity index (χ0) is 13.1. The lowest BCUT2D eigenvalue weighted by Gasteiger charge is -2.10. The van der Waals surface area contributed by atoms with Gasteiger partial charge in [-0.25, -0.2) is 0 Å². The molecule has 2 rings (SSSR count). The Morgan fingerprint density at radius 2 is 2.28 bits per heavy atom. The Balaban J connectivity index is 2.21. The molecule has 96 valence electrons. The molecule has 0 fully saturated rings. The van der Waals surface area contributed by atoms with Crippen molar-refractivity contribution in [3.05, 3.63) is 35.6 Å². The number of ether oxygens (including phenoxy) is 1. The quantitative estimate of drug-likeness (QED) is 0.903. The van der Waals surface area contributed by atoms with Crippen LogP contribution in [-0.2, 0) is 4.74 Å². The third-order valence-electron chi connectivity index (χ3n) is 2.76. The van der Waals surface area contributed by atoms with Crippen molar-refractivity contribution in [2.24, 2.45) is 0 Å². The van der Waals surface area contributed by atoms with E-state index in [0.717, 1.165) is 16.5 Å². The van der Waals surface area contributed by atoms with Gasteiger partial charge in [-0.15, -0.1) is 0 Å². The Kier molecular flexibility index (Phi) is 3.67. The molecule has 0 aliphatic carbocycles. The SMILES string of the molecule is COC[C@H](C)NC(=O)c1cc2cccc(C)c2o1. The van der Waals surface area contributed by atoms with E-state index in [1.807, 2.05) is 32.0 Å². The minimum Gasteiger partial charge on any atom is -0.451 e. The first kappa shape index (κ1) is 12.6. The molecule has 1 heterocycles. The molecular weight excluding hydrogens is 230 g/mol. The molecule has 0 radical (unpaired) electrons. The molecular formula is C14H17NO3. The molecule has 1 atom stereocenters. The van der Waals surface area contributed by atoms with Gasteiger partial charge in [-0.2, -0.15) is 0 Å². The summed E-state index contributed by atoms with van der Waals surface area (Å²) in [6.45, 7) is 4.32. The van der Waals surface area contributed by atoms with Gasteiger partial charge in [0.15, 0.2) is 5.76 Å². The van der Waals surface area contributed by atoms with Crippen LogP contribution in [0.25, 0.3) is 11.0 Å². The summed E-state index contributed by atoms with van der Waals surface area (Å²) < 4.78 is 10.6. The minimum atomic E-state index is -0.213. The molecule has 1 aromatic carbocycles. The molecule has 4 nitrogen and oxygen atoms in total. The number of hydrogen-bond acceptors (Lipinski definition) is 3. The fraction of sp³-hybridized carbons (Fsp3) is 0.357. The van der Waals surface area contributed by atoms with Crippen LogP contribution in [0.2, 0.25) is 0 Å². The van der Waals surface area contributed by atoms with Crippen LogP contribution in [0.4, 0.5) is 0 Å². The summed E-state index contributed by atoms with van der Waals surface area (Å²) in [5.41, 5.74) is 1.79. The average molecular weight is 247 g/mol. The van der Waals surface area contributed by atoms with E-state index < -0.39 is 0 Å². The Hall–Kier alpha value is -1.81. The number of aryl methyl sites for hydroxylation is 1. The molecule has 0 saturated carbocycles. The second-order valence-corrected chi connectivity index (χ2v) is 4.43. The Morgan fingerprint density at radius 3 is 2.94 bits per heavy atom. The zero-order valence-corrected chi connectivity index (χ0v) is 10.8. The van der Waals surface area contributed by atoms with Gasteiger partial charge >= 0.3 is 0 Å². The largest absolute Gasteiger partial charge is 0.451 e. The van der Waals surface area contributed by atoms with E-state index in [-0.39, 0.29) is 11.9 Å². The molecule has 1 amide bonds. The van der Waals surface area contributed by atoms with Crippen molar-refractivity contribution in [1.29, 1.82) is 0 Å². The Bertz CT molecular complexity index is 559. The van der Waals surface area contributed by atoms with Crippen molar-refractivity contribution >= 4 is 16.9 Å². The Morgan fingerprint density at radius 1 is 1.50 bits per heavy atom. The van der Waals surface area contributed by atoms with E-state index in [1.54, 1.807) is 13.2 Å². The summed E-state index contributed by atoms with van der Waals surface area (Å²) in [4.78, 5) is 12.0. The number of fused-ring (bicyclic) bond motifs is 1. The van der Waals surface area contributed by atoms with Crippen LogP contribution >= 0.6 is 0 Å². The summed E-state index contributed by atoms with van der Waals surface area (Å²) in [5, 5.41) is 3.76. The van der Waals surface area contributed by atoms with Gasteiger partial charge in [0.2, 0.25) is 0 Å². The van der Waals surface area contributed by atoms with Crippen LogP contribution in [0.15, 0.2) is 28.7 Å². The van der Waals surface area contributed by atoms with Crippen molar-refractivity contribution < 1.29 is 13.9 Å². The van der Waals surface area contributed by atoms with E-state index >= 15 is 0 Å². The van der Waals surface area contributed by atoms with Crippen molar-refractivity contribution in [2.45, 2.75) is 19.9 Å². The number of furan rings is 1. The molecule has 0 unspecified atom stereocenters. The number of benzene rings is 1. The highest BCUT2D eigenvalue weighted by atomic mass is 16.5. The van der Waals surface area contributed by atoms with Gasteiger partial charge in [-0.05, 0) is 25.5 Å². The predicted molar refractivity (Wildman–Crippen MR) is 69.8 cm³/mol. The van der Waals surface area contributed by atoms with Crippen LogP contribution in [0.3, 0.4) is 0 Å². The lowest BCUT2D eigenvalue weighted by molar-refractivity contribution is 0.0880. The topological polar surface area (TPSA) is 51.5 Å². The maximum Gasteiger partial charge on any atom is 0.287 e. The van der Waals surface area contributed by atoms with Crippen molar-refractivity contribution in [3.63, 3.8) is 0 Å². The number of hydrogen-bond donors (Lipinski definition) is 1. The minimum absolute atomic E-state index is 0.0446. The molecule has 2 aromatic rings. The smallest absolute Gasteiger partial charge is 0.287 e. The monoisotopic (exact) mass is 247 g/mol. The highest BCUT2D eigenvalue weighted by Gasteiger charge is 2.15. The van der Waals surface area contributed by atoms with Crippen molar-refractivity contribution in [2.75, 3.05) is 13.7 Å². The number of carbonyl (C=O) groups is 1. The number of methoxy groups -OCH3 is 1. The van der Waals surface area contributed by atoms with Gasteiger partial charge in [0.1, 0.15) is 5.58 Å². The summed E-state index contributed by atoms with van der Waals surface area (Å²) in [7, 11) is 1.60. The van der Waals surface area contributed by atoms with Crippen LogP contribution in [0.5, 0.6) is 0 Å². The second-order valence-electron chi connectivity index (χ2n) is 4.43. The molecule has 0 aliphatic rings. The maximum atomic E-state index is 12.0. The van der Waals surface area contributed by atoms with E-state index in [2.05, 4.69) is 5.32 Å². The number of rotatable bonds is 4. The highest BCUT2D eigenvalue weighted by Crippen LogP contribution is 2.22. The summed E-state index contributed by atoms with van der Waals surface area (Å²) in [6.07, 6.45) is 0. The van der Waals surface area contributed by atoms with Gasteiger partial charge in [-0.1, -0.05) is 18.2 Å². The average Bonchev–Trinajstić information content (AvgIpc) is 2.74. The molecule has 1 aromatic heterocycles. The first-order valence-electron chi connectivity index (χ1n) is 5.90. The first-order valence-corrected chi connectivity index (χ1v) is 5.90. The lowest BCUT2D eigenvalue weighted by atomic mass is 10.2. The van der Waals surface area contributed by atoms with Crippen LogP contribution in [0, 0.1) is 6.92 Å². The third-order valence-corrected chi connectivity index (χ3v) is 2.76. The number of para-hydroxylation sites is 1. The van der Waals surface area contributed by atoms with Gasteiger partial charge in [0.05, 0.1) is 6.61 Å². The first-order chi connectivity index (χ1) is 8.61. The van der Waals surface area contributed by atoms with Crippen LogP contribution in [-0.4, -0.2) is 25.7 Å². The second kappa shape index (κ2) is 5.23. The van der Waals surface area contributed by atoms with E-state index in [4.69, 9.17) is 9.15 Å². The number of carbonyl (C=O) groups excluding carboxylic acids is 1. The molecule has 1 N–H and O–H groups in total. The number of amides is 1. The number of nitrogens with one attached hydrogen (secondary N) is 1. The molecule has 4 heteroatoms. The Labute approximate surface area is 106 Å². The zero-order valence-electron chi connectivity index (χ0n) is 10.8. The van der Waals surface area contributed by atoms with E-state index in [9.17, 15) is 4.79 Å². The van der Waals surface area contributed by atoms with Crippen LogP contribution in [0.1, 0.15) is 23.0 Å². The van der Waals surface area contributed by atoms with Crippen molar-refractivity contribution in [1.82, 2.24) is 5.32 Å². The van der Waals surface area contributed by atoms with Gasteiger partial charge in [-0.3, -0.25) is 4.79 Å². The van der Waals surface area contributed by atoms with Crippen molar-refractivity contribution in [3.8, 4) is 0 Å². The molecule has 0 bridgehead atoms. The third kappa shape index (κ3) is 2.54.